The maximum Gasteiger partial charge on any atom is 0.144 e. The van der Waals surface area contributed by atoms with E-state index in [9.17, 15) is 0 Å². The predicted molar refractivity (Wildman–Crippen MR) is 67.9 cm³/mol. The number of aromatic nitrogens is 3. The van der Waals surface area contributed by atoms with Crippen LogP contribution in [-0.2, 0) is 6.54 Å². The maximum absolute atomic E-state index is 6.10. The van der Waals surface area contributed by atoms with E-state index in [-0.39, 0.29) is 0 Å². The second-order valence-electron chi connectivity index (χ2n) is 3.80. The van der Waals surface area contributed by atoms with Crippen molar-refractivity contribution in [3.8, 4) is 0 Å². The highest BCUT2D eigenvalue weighted by Gasteiger charge is 2.11. The van der Waals surface area contributed by atoms with Crippen LogP contribution in [0.25, 0.3) is 0 Å². The van der Waals surface area contributed by atoms with Gasteiger partial charge in [0.15, 0.2) is 0 Å². The van der Waals surface area contributed by atoms with Gasteiger partial charge in [-0.25, -0.2) is 10.8 Å². The molecule has 17 heavy (non-hydrogen) atoms. The van der Waals surface area contributed by atoms with Gasteiger partial charge in [0, 0.05) is 11.8 Å². The molecule has 2 rings (SSSR count). The molecule has 90 valence electrons. The van der Waals surface area contributed by atoms with Crippen molar-refractivity contribution in [2.75, 3.05) is 5.43 Å². The van der Waals surface area contributed by atoms with Crippen molar-refractivity contribution in [1.29, 1.82) is 0 Å². The average molecular weight is 252 g/mol. The van der Waals surface area contributed by atoms with Gasteiger partial charge in [0.2, 0.25) is 0 Å². The van der Waals surface area contributed by atoms with Crippen LogP contribution in [0.4, 0.5) is 5.82 Å². The second kappa shape index (κ2) is 4.73. The molecule has 0 aliphatic heterocycles. The smallest absolute Gasteiger partial charge is 0.144 e. The zero-order chi connectivity index (χ0) is 12.4. The Morgan fingerprint density at radius 3 is 2.82 bits per heavy atom. The minimum absolute atomic E-state index is 0.590. The Hall–Kier alpha value is -1.59. The van der Waals surface area contributed by atoms with Gasteiger partial charge in [0.1, 0.15) is 5.82 Å². The summed E-state index contributed by atoms with van der Waals surface area (Å²) in [6.07, 6.45) is 1.69. The van der Waals surface area contributed by atoms with Crippen LogP contribution in [0.3, 0.4) is 0 Å². The molecule has 2 aromatic heterocycles. The van der Waals surface area contributed by atoms with Crippen molar-refractivity contribution in [3.63, 3.8) is 0 Å². The maximum atomic E-state index is 6.10. The third-order valence-corrected chi connectivity index (χ3v) is 3.19. The lowest BCUT2D eigenvalue weighted by molar-refractivity contribution is 0.658. The number of halogens is 1. The molecule has 0 aliphatic rings. The lowest BCUT2D eigenvalue weighted by Gasteiger charge is -2.08. The highest BCUT2D eigenvalue weighted by molar-refractivity contribution is 6.31. The van der Waals surface area contributed by atoms with Gasteiger partial charge in [-0.3, -0.25) is 4.68 Å². The number of nitrogens with zero attached hydrogens (tertiary/aromatic N) is 3. The number of hydrazine groups is 1. The Kier molecular flexibility index (Phi) is 3.31. The number of anilines is 1. The van der Waals surface area contributed by atoms with E-state index < -0.39 is 0 Å². The molecule has 2 aromatic rings. The summed E-state index contributed by atoms with van der Waals surface area (Å²) in [5.74, 6) is 6.06. The van der Waals surface area contributed by atoms with Crippen LogP contribution < -0.4 is 11.3 Å². The molecule has 0 atom stereocenters. The van der Waals surface area contributed by atoms with E-state index in [1.165, 1.54) is 0 Å². The first-order chi connectivity index (χ1) is 8.13. The van der Waals surface area contributed by atoms with Crippen LogP contribution in [-0.4, -0.2) is 14.8 Å². The minimum Gasteiger partial charge on any atom is -0.308 e. The molecule has 0 unspecified atom stereocenters. The van der Waals surface area contributed by atoms with Gasteiger partial charge in [-0.1, -0.05) is 17.7 Å². The van der Waals surface area contributed by atoms with Crippen molar-refractivity contribution in [2.24, 2.45) is 5.84 Å². The third kappa shape index (κ3) is 2.25. The Bertz CT molecular complexity index is 535. The van der Waals surface area contributed by atoms with Crippen molar-refractivity contribution in [1.82, 2.24) is 14.8 Å². The molecule has 0 fully saturated rings. The quantitative estimate of drug-likeness (QED) is 0.646. The molecule has 5 nitrogen and oxygen atoms in total. The van der Waals surface area contributed by atoms with E-state index in [0.29, 0.717) is 17.4 Å². The van der Waals surface area contributed by atoms with E-state index in [1.807, 2.05) is 30.7 Å². The van der Waals surface area contributed by atoms with Crippen molar-refractivity contribution in [3.05, 3.63) is 40.3 Å². The summed E-state index contributed by atoms with van der Waals surface area (Å²) in [6.45, 7) is 4.41. The van der Waals surface area contributed by atoms with Crippen LogP contribution in [0.2, 0.25) is 5.02 Å². The van der Waals surface area contributed by atoms with Crippen LogP contribution >= 0.6 is 11.6 Å². The molecular weight excluding hydrogens is 238 g/mol. The molecule has 0 spiro atoms. The zero-order valence-electron chi connectivity index (χ0n) is 9.74. The van der Waals surface area contributed by atoms with Gasteiger partial charge < -0.3 is 5.43 Å². The van der Waals surface area contributed by atoms with Crippen LogP contribution in [0.15, 0.2) is 18.3 Å². The molecule has 0 amide bonds. The largest absolute Gasteiger partial charge is 0.308 e. The number of hydrogen-bond donors (Lipinski definition) is 2. The zero-order valence-corrected chi connectivity index (χ0v) is 10.5. The summed E-state index contributed by atoms with van der Waals surface area (Å²) < 4.78 is 1.84. The van der Waals surface area contributed by atoms with Gasteiger partial charge in [-0.2, -0.15) is 5.10 Å². The van der Waals surface area contributed by atoms with Crippen molar-refractivity contribution in [2.45, 2.75) is 20.4 Å². The number of pyridine rings is 1. The number of nitrogens with one attached hydrogen (secondary N) is 1. The normalized spacial score (nSPS) is 10.6. The number of nitrogen functional groups attached to an aromatic ring is 1. The standard InChI is InChI=1S/C11H14ClN5/c1-7-10(12)8(2)17(16-7)6-9-4-3-5-14-11(9)15-13/h3-5H,6,13H2,1-2H3,(H,14,15). The second-order valence-corrected chi connectivity index (χ2v) is 4.18. The Labute approximate surface area is 105 Å². The molecule has 0 saturated heterocycles. The molecule has 2 heterocycles. The van der Waals surface area contributed by atoms with Crippen LogP contribution in [0.5, 0.6) is 0 Å². The van der Waals surface area contributed by atoms with Crippen molar-refractivity contribution < 1.29 is 0 Å². The van der Waals surface area contributed by atoms with Gasteiger partial charge in [-0.15, -0.1) is 0 Å². The Balaban J connectivity index is 2.34. The molecule has 3 N–H and O–H groups in total. The highest BCUT2D eigenvalue weighted by Crippen LogP contribution is 2.21. The van der Waals surface area contributed by atoms with Gasteiger partial charge in [0.25, 0.3) is 0 Å². The predicted octanol–water partition coefficient (Wildman–Crippen LogP) is 1.88. The molecule has 0 radical (unpaired) electrons. The van der Waals surface area contributed by atoms with E-state index in [0.717, 1.165) is 17.0 Å². The molecular formula is C11H14ClN5. The third-order valence-electron chi connectivity index (χ3n) is 2.64. The first-order valence-corrected chi connectivity index (χ1v) is 5.61. The number of hydrogen-bond acceptors (Lipinski definition) is 4. The number of rotatable bonds is 3. The SMILES string of the molecule is Cc1nn(Cc2cccnc2NN)c(C)c1Cl. The Morgan fingerprint density at radius 2 is 2.24 bits per heavy atom. The summed E-state index contributed by atoms with van der Waals surface area (Å²) in [6, 6.07) is 3.82. The summed E-state index contributed by atoms with van der Waals surface area (Å²) >= 11 is 6.10. The lowest BCUT2D eigenvalue weighted by Crippen LogP contribution is -2.13. The fourth-order valence-corrected chi connectivity index (χ4v) is 1.82. The Morgan fingerprint density at radius 1 is 1.47 bits per heavy atom. The first-order valence-electron chi connectivity index (χ1n) is 5.23. The van der Waals surface area contributed by atoms with Crippen LogP contribution in [0, 0.1) is 13.8 Å². The summed E-state index contributed by atoms with van der Waals surface area (Å²) in [5, 5.41) is 5.07. The van der Waals surface area contributed by atoms with E-state index in [2.05, 4.69) is 15.5 Å². The van der Waals surface area contributed by atoms with Crippen LogP contribution in [0.1, 0.15) is 17.0 Å². The number of nitrogens with two attached hydrogens (primary N) is 1. The number of aryl methyl sites for hydroxylation is 1. The fourth-order valence-electron chi connectivity index (χ4n) is 1.69. The van der Waals surface area contributed by atoms with Gasteiger partial charge in [-0.05, 0) is 19.9 Å². The molecule has 0 bridgehead atoms. The minimum atomic E-state index is 0.590. The van der Waals surface area contributed by atoms with E-state index >= 15 is 0 Å². The summed E-state index contributed by atoms with van der Waals surface area (Å²) in [4.78, 5) is 4.14. The lowest BCUT2D eigenvalue weighted by atomic mass is 10.2. The average Bonchev–Trinajstić information content (AvgIpc) is 2.58. The molecule has 0 aliphatic carbocycles. The van der Waals surface area contributed by atoms with Gasteiger partial charge in [0.05, 0.1) is 23.0 Å². The summed E-state index contributed by atoms with van der Waals surface area (Å²) in [5.41, 5.74) is 5.31. The fraction of sp³-hybridized carbons (Fsp3) is 0.273. The first kappa shape index (κ1) is 11.9. The molecule has 6 heteroatoms. The van der Waals surface area contributed by atoms with E-state index in [1.54, 1.807) is 6.20 Å². The van der Waals surface area contributed by atoms with Gasteiger partial charge >= 0.3 is 0 Å². The molecule has 0 aromatic carbocycles. The molecule has 0 saturated carbocycles. The summed E-state index contributed by atoms with van der Waals surface area (Å²) in [7, 11) is 0. The van der Waals surface area contributed by atoms with Crippen molar-refractivity contribution >= 4 is 17.4 Å². The topological polar surface area (TPSA) is 68.8 Å². The van der Waals surface area contributed by atoms with E-state index in [4.69, 9.17) is 17.4 Å². The highest BCUT2D eigenvalue weighted by atomic mass is 35.5. The monoisotopic (exact) mass is 251 g/mol.